The van der Waals surface area contributed by atoms with Crippen molar-refractivity contribution in [3.05, 3.63) is 29.8 Å². The van der Waals surface area contributed by atoms with E-state index in [0.29, 0.717) is 12.5 Å². The van der Waals surface area contributed by atoms with Crippen molar-refractivity contribution in [2.45, 2.75) is 59.0 Å². The Labute approximate surface area is 156 Å². The van der Waals surface area contributed by atoms with Gasteiger partial charge in [-0.15, -0.1) is 0 Å². The van der Waals surface area contributed by atoms with Gasteiger partial charge in [-0.05, 0) is 61.6 Å². The highest BCUT2D eigenvalue weighted by atomic mass is 16.2. The SMILES string of the molecule is CC(C)C(=O)Nc1cccc(CNC(=O)N[C@@H](C)[C@H]2C[C@H]3CC[C@H]2C3)c1. The molecule has 5 heteroatoms. The molecule has 0 unspecified atom stereocenters. The van der Waals surface area contributed by atoms with Crippen molar-refractivity contribution in [2.24, 2.45) is 23.7 Å². The lowest BCUT2D eigenvalue weighted by atomic mass is 9.84. The van der Waals surface area contributed by atoms with Gasteiger partial charge in [-0.1, -0.05) is 32.4 Å². The number of anilines is 1. The number of rotatable bonds is 6. The highest BCUT2D eigenvalue weighted by Crippen LogP contribution is 2.49. The van der Waals surface area contributed by atoms with Crippen LogP contribution in [-0.2, 0) is 11.3 Å². The number of amides is 3. The minimum absolute atomic E-state index is 0.00691. The van der Waals surface area contributed by atoms with Gasteiger partial charge in [0.15, 0.2) is 0 Å². The Hall–Kier alpha value is -2.04. The second-order valence-electron chi connectivity index (χ2n) is 8.30. The van der Waals surface area contributed by atoms with E-state index in [9.17, 15) is 9.59 Å². The van der Waals surface area contributed by atoms with E-state index >= 15 is 0 Å². The topological polar surface area (TPSA) is 70.2 Å². The van der Waals surface area contributed by atoms with Crippen LogP contribution in [0.3, 0.4) is 0 Å². The van der Waals surface area contributed by atoms with Gasteiger partial charge in [-0.25, -0.2) is 4.79 Å². The fourth-order valence-corrected chi connectivity index (χ4v) is 4.50. The molecule has 4 atom stereocenters. The Morgan fingerprint density at radius 3 is 2.62 bits per heavy atom. The number of fused-ring (bicyclic) bond motifs is 2. The smallest absolute Gasteiger partial charge is 0.315 e. The lowest BCUT2D eigenvalue weighted by Crippen LogP contribution is -2.45. The largest absolute Gasteiger partial charge is 0.335 e. The van der Waals surface area contributed by atoms with Crippen LogP contribution in [0.15, 0.2) is 24.3 Å². The Morgan fingerprint density at radius 1 is 1.15 bits per heavy atom. The normalized spacial score (nSPS) is 25.2. The van der Waals surface area contributed by atoms with Crippen LogP contribution in [-0.4, -0.2) is 18.0 Å². The van der Waals surface area contributed by atoms with Gasteiger partial charge in [0.1, 0.15) is 0 Å². The van der Waals surface area contributed by atoms with Gasteiger partial charge in [0.2, 0.25) is 5.91 Å². The number of hydrogen-bond acceptors (Lipinski definition) is 2. The average molecular weight is 357 g/mol. The maximum atomic E-state index is 12.2. The summed E-state index contributed by atoms with van der Waals surface area (Å²) in [5.74, 6) is 2.26. The minimum atomic E-state index is -0.114. The molecule has 0 heterocycles. The summed E-state index contributed by atoms with van der Waals surface area (Å²) in [6, 6.07) is 7.72. The van der Waals surface area contributed by atoms with Crippen molar-refractivity contribution < 1.29 is 9.59 Å². The summed E-state index contributed by atoms with van der Waals surface area (Å²) < 4.78 is 0. The molecule has 5 nitrogen and oxygen atoms in total. The summed E-state index contributed by atoms with van der Waals surface area (Å²) >= 11 is 0. The Bertz CT molecular complexity index is 658. The molecule has 0 radical (unpaired) electrons. The van der Waals surface area contributed by atoms with Gasteiger partial charge in [0.05, 0.1) is 0 Å². The van der Waals surface area contributed by atoms with Crippen molar-refractivity contribution in [3.63, 3.8) is 0 Å². The summed E-state index contributed by atoms with van der Waals surface area (Å²) in [7, 11) is 0. The molecule has 0 aliphatic heterocycles. The van der Waals surface area contributed by atoms with Crippen LogP contribution in [0.4, 0.5) is 10.5 Å². The third kappa shape index (κ3) is 4.57. The van der Waals surface area contributed by atoms with E-state index in [4.69, 9.17) is 0 Å². The standard InChI is InChI=1S/C21H31N3O2/c1-13(2)20(25)24-18-6-4-5-16(10-18)12-22-21(26)23-14(3)19-11-15-7-8-17(19)9-15/h4-6,10,13-15,17,19H,7-9,11-12H2,1-3H3,(H,24,25)(H2,22,23,26)/t14-,15-,17-,19+/m0/s1. The van der Waals surface area contributed by atoms with E-state index < -0.39 is 0 Å². The molecular formula is C21H31N3O2. The molecule has 3 rings (SSSR count). The highest BCUT2D eigenvalue weighted by Gasteiger charge is 2.42. The molecule has 2 aliphatic rings. The fourth-order valence-electron chi connectivity index (χ4n) is 4.50. The second kappa shape index (κ2) is 8.11. The van der Waals surface area contributed by atoms with Gasteiger partial charge in [0.25, 0.3) is 0 Å². The van der Waals surface area contributed by atoms with Crippen molar-refractivity contribution in [3.8, 4) is 0 Å². The van der Waals surface area contributed by atoms with Crippen molar-refractivity contribution >= 4 is 17.6 Å². The zero-order valence-electron chi connectivity index (χ0n) is 16.0. The molecule has 3 N–H and O–H groups in total. The number of hydrogen-bond donors (Lipinski definition) is 3. The molecule has 0 aromatic heterocycles. The summed E-state index contributed by atoms with van der Waals surface area (Å²) in [5, 5.41) is 8.94. The zero-order chi connectivity index (χ0) is 18.7. The first-order chi connectivity index (χ1) is 12.4. The fraction of sp³-hybridized carbons (Fsp3) is 0.619. The number of nitrogens with one attached hydrogen (secondary N) is 3. The first-order valence-corrected chi connectivity index (χ1v) is 9.86. The Morgan fingerprint density at radius 2 is 1.96 bits per heavy atom. The van der Waals surface area contributed by atoms with Crippen molar-refractivity contribution in [2.75, 3.05) is 5.32 Å². The third-order valence-corrected chi connectivity index (χ3v) is 5.97. The monoisotopic (exact) mass is 357 g/mol. The number of carbonyl (C=O) groups excluding carboxylic acids is 2. The van der Waals surface area contributed by atoms with Gasteiger partial charge >= 0.3 is 6.03 Å². The van der Waals surface area contributed by atoms with Crippen LogP contribution in [0.25, 0.3) is 0 Å². The minimum Gasteiger partial charge on any atom is -0.335 e. The van der Waals surface area contributed by atoms with Crippen LogP contribution in [0.5, 0.6) is 0 Å². The molecule has 2 saturated carbocycles. The summed E-state index contributed by atoms with van der Waals surface area (Å²) in [6.45, 7) is 6.30. The van der Waals surface area contributed by atoms with Crippen LogP contribution >= 0.6 is 0 Å². The van der Waals surface area contributed by atoms with E-state index in [1.54, 1.807) is 0 Å². The summed E-state index contributed by atoms with van der Waals surface area (Å²) in [6.07, 6.45) is 5.33. The molecule has 142 valence electrons. The summed E-state index contributed by atoms with van der Waals surface area (Å²) in [5.41, 5.74) is 1.73. The molecule has 2 bridgehead atoms. The Kier molecular flexibility index (Phi) is 5.84. The van der Waals surface area contributed by atoms with E-state index in [1.165, 1.54) is 25.7 Å². The first kappa shape index (κ1) is 18.7. The van der Waals surface area contributed by atoms with E-state index in [0.717, 1.165) is 23.1 Å². The average Bonchev–Trinajstić information content (AvgIpc) is 3.23. The van der Waals surface area contributed by atoms with E-state index in [2.05, 4.69) is 22.9 Å². The molecular weight excluding hydrogens is 326 g/mol. The van der Waals surface area contributed by atoms with Crippen LogP contribution in [0, 0.1) is 23.7 Å². The number of benzene rings is 1. The molecule has 2 fully saturated rings. The lowest BCUT2D eigenvalue weighted by Gasteiger charge is -2.28. The zero-order valence-corrected chi connectivity index (χ0v) is 16.0. The molecule has 2 aliphatic carbocycles. The van der Waals surface area contributed by atoms with E-state index in [1.807, 2.05) is 38.1 Å². The predicted molar refractivity (Wildman–Crippen MR) is 104 cm³/mol. The maximum Gasteiger partial charge on any atom is 0.315 e. The second-order valence-corrected chi connectivity index (χ2v) is 8.30. The molecule has 1 aromatic rings. The van der Waals surface area contributed by atoms with E-state index in [-0.39, 0.29) is 23.9 Å². The van der Waals surface area contributed by atoms with Gasteiger partial charge in [-0.2, -0.15) is 0 Å². The van der Waals surface area contributed by atoms with Crippen LogP contribution < -0.4 is 16.0 Å². The quantitative estimate of drug-likeness (QED) is 0.722. The van der Waals surface area contributed by atoms with Gasteiger partial charge < -0.3 is 16.0 Å². The number of carbonyl (C=O) groups is 2. The van der Waals surface area contributed by atoms with Crippen LogP contribution in [0.1, 0.15) is 52.0 Å². The first-order valence-electron chi connectivity index (χ1n) is 9.86. The van der Waals surface area contributed by atoms with Crippen molar-refractivity contribution in [1.82, 2.24) is 10.6 Å². The van der Waals surface area contributed by atoms with Crippen LogP contribution in [0.2, 0.25) is 0 Å². The Balaban J connectivity index is 1.46. The third-order valence-electron chi connectivity index (χ3n) is 5.97. The molecule has 0 spiro atoms. The molecule has 1 aromatic carbocycles. The van der Waals surface area contributed by atoms with Gasteiger partial charge in [-0.3, -0.25) is 4.79 Å². The summed E-state index contributed by atoms with van der Waals surface area (Å²) in [4.78, 5) is 24.0. The maximum absolute atomic E-state index is 12.2. The van der Waals surface area contributed by atoms with Crippen molar-refractivity contribution in [1.29, 1.82) is 0 Å². The number of urea groups is 1. The molecule has 0 saturated heterocycles. The lowest BCUT2D eigenvalue weighted by molar-refractivity contribution is -0.118. The molecule has 26 heavy (non-hydrogen) atoms. The molecule has 3 amide bonds. The van der Waals surface area contributed by atoms with Gasteiger partial charge in [0, 0.05) is 24.2 Å². The predicted octanol–water partition coefficient (Wildman–Crippen LogP) is 3.91. The highest BCUT2D eigenvalue weighted by molar-refractivity contribution is 5.92.